The summed E-state index contributed by atoms with van der Waals surface area (Å²) in [5.41, 5.74) is 1.14. The highest BCUT2D eigenvalue weighted by Crippen LogP contribution is 2.24. The summed E-state index contributed by atoms with van der Waals surface area (Å²) in [7, 11) is 0. The third-order valence-electron chi connectivity index (χ3n) is 3.09. The monoisotopic (exact) mass is 302 g/mol. The molecule has 0 saturated heterocycles. The molecule has 3 aromatic rings. The molecule has 21 heavy (non-hydrogen) atoms. The van der Waals surface area contributed by atoms with E-state index < -0.39 is 0 Å². The van der Waals surface area contributed by atoms with Crippen LogP contribution in [0.2, 0.25) is 0 Å². The maximum absolute atomic E-state index is 5.76. The van der Waals surface area contributed by atoms with Gasteiger partial charge in [-0.2, -0.15) is 9.61 Å². The van der Waals surface area contributed by atoms with Gasteiger partial charge in [-0.05, 0) is 19.1 Å². The van der Waals surface area contributed by atoms with Crippen LogP contribution in [0, 0.1) is 6.92 Å². The van der Waals surface area contributed by atoms with Crippen molar-refractivity contribution in [1.29, 1.82) is 0 Å². The first-order valence-electron chi connectivity index (χ1n) is 6.84. The third kappa shape index (κ3) is 2.90. The molecule has 0 spiro atoms. The van der Waals surface area contributed by atoms with Gasteiger partial charge in [0.05, 0.1) is 0 Å². The Morgan fingerprint density at radius 2 is 1.86 bits per heavy atom. The van der Waals surface area contributed by atoms with Gasteiger partial charge in [-0.25, -0.2) is 0 Å². The van der Waals surface area contributed by atoms with E-state index in [9.17, 15) is 0 Å². The molecule has 3 rings (SSSR count). The zero-order chi connectivity index (χ0) is 15.0. The maximum atomic E-state index is 5.76. The van der Waals surface area contributed by atoms with Crippen LogP contribution in [0.3, 0.4) is 0 Å². The lowest BCUT2D eigenvalue weighted by Gasteiger charge is -2.13. The van der Waals surface area contributed by atoms with Gasteiger partial charge in [0, 0.05) is 5.41 Å². The zero-order valence-corrected chi connectivity index (χ0v) is 13.4. The summed E-state index contributed by atoms with van der Waals surface area (Å²) in [4.78, 5) is 0.808. The largest absolute Gasteiger partial charge is 0.486 e. The van der Waals surface area contributed by atoms with Crippen LogP contribution in [0.4, 0.5) is 0 Å². The number of aryl methyl sites for hydroxylation is 1. The Labute approximate surface area is 127 Å². The second-order valence-electron chi connectivity index (χ2n) is 6.07. The predicted molar refractivity (Wildman–Crippen MR) is 82.9 cm³/mol. The molecular weight excluding hydrogens is 284 g/mol. The summed E-state index contributed by atoms with van der Waals surface area (Å²) < 4.78 is 7.58. The Morgan fingerprint density at radius 1 is 1.14 bits per heavy atom. The fraction of sp³-hybridized carbons (Fsp3) is 0.400. The van der Waals surface area contributed by atoms with Crippen LogP contribution in [-0.4, -0.2) is 19.8 Å². The summed E-state index contributed by atoms with van der Waals surface area (Å²) in [6, 6.07) is 8.00. The first-order valence-corrected chi connectivity index (χ1v) is 7.66. The molecule has 0 bridgehead atoms. The van der Waals surface area contributed by atoms with Crippen LogP contribution in [0.25, 0.3) is 4.96 Å². The van der Waals surface area contributed by atoms with Crippen molar-refractivity contribution in [2.75, 3.05) is 0 Å². The van der Waals surface area contributed by atoms with Gasteiger partial charge in [-0.3, -0.25) is 0 Å². The molecular formula is C15H18N4OS. The molecule has 0 aliphatic rings. The fourth-order valence-electron chi connectivity index (χ4n) is 1.96. The van der Waals surface area contributed by atoms with Gasteiger partial charge in [0.25, 0.3) is 0 Å². The number of nitrogens with zero attached hydrogens (tertiary/aromatic N) is 4. The molecule has 0 radical (unpaired) electrons. The molecule has 2 heterocycles. The van der Waals surface area contributed by atoms with Gasteiger partial charge in [0.1, 0.15) is 12.4 Å². The number of fused-ring (bicyclic) bond motifs is 1. The van der Waals surface area contributed by atoms with Crippen molar-refractivity contribution in [3.05, 3.63) is 40.7 Å². The van der Waals surface area contributed by atoms with Crippen molar-refractivity contribution < 1.29 is 4.74 Å². The minimum absolute atomic E-state index is 0.0808. The number of hydrogen-bond acceptors (Lipinski definition) is 5. The standard InChI is InChI=1S/C15H18N4OS/c1-10-5-7-11(8-6-10)20-9-12-18-19-13(15(2,3)4)16-17-14(19)21-12/h5-8H,9H2,1-4H3. The Kier molecular flexibility index (Phi) is 3.41. The van der Waals surface area contributed by atoms with Crippen LogP contribution in [-0.2, 0) is 12.0 Å². The highest BCUT2D eigenvalue weighted by atomic mass is 32.1. The van der Waals surface area contributed by atoms with E-state index in [0.29, 0.717) is 6.61 Å². The average Bonchev–Trinajstić information content (AvgIpc) is 2.96. The lowest BCUT2D eigenvalue weighted by Crippen LogP contribution is -2.16. The molecule has 2 aromatic heterocycles. The van der Waals surface area contributed by atoms with Gasteiger partial charge in [0.15, 0.2) is 10.8 Å². The summed E-state index contributed by atoms with van der Waals surface area (Å²) in [5.74, 6) is 1.72. The van der Waals surface area contributed by atoms with Crippen LogP contribution >= 0.6 is 11.3 Å². The van der Waals surface area contributed by atoms with E-state index in [-0.39, 0.29) is 5.41 Å². The lowest BCUT2D eigenvalue weighted by molar-refractivity contribution is 0.303. The number of aromatic nitrogens is 4. The molecule has 1 aromatic carbocycles. The Morgan fingerprint density at radius 3 is 2.52 bits per heavy atom. The van der Waals surface area contributed by atoms with E-state index in [4.69, 9.17) is 4.74 Å². The first-order chi connectivity index (χ1) is 9.93. The van der Waals surface area contributed by atoms with Crippen LogP contribution in [0.1, 0.15) is 37.2 Å². The van der Waals surface area contributed by atoms with Gasteiger partial charge in [-0.15, -0.1) is 10.2 Å². The van der Waals surface area contributed by atoms with E-state index in [0.717, 1.165) is 21.5 Å². The Hall–Kier alpha value is -1.95. The summed E-state index contributed by atoms with van der Waals surface area (Å²) in [5, 5.41) is 13.9. The van der Waals surface area contributed by atoms with E-state index in [1.807, 2.05) is 28.8 Å². The summed E-state index contributed by atoms with van der Waals surface area (Å²) in [6.07, 6.45) is 0. The molecule has 0 amide bonds. The number of ether oxygens (including phenoxy) is 1. The smallest absolute Gasteiger partial charge is 0.234 e. The van der Waals surface area contributed by atoms with Crippen molar-refractivity contribution in [2.45, 2.75) is 39.7 Å². The van der Waals surface area contributed by atoms with Gasteiger partial charge < -0.3 is 4.74 Å². The second kappa shape index (κ2) is 5.11. The summed E-state index contributed by atoms with van der Waals surface area (Å²) in [6.45, 7) is 8.81. The van der Waals surface area contributed by atoms with E-state index in [1.165, 1.54) is 16.9 Å². The second-order valence-corrected chi connectivity index (χ2v) is 7.11. The first kappa shape index (κ1) is 14.0. The Balaban J connectivity index is 1.79. The van der Waals surface area contributed by atoms with Crippen molar-refractivity contribution in [3.8, 4) is 5.75 Å². The van der Waals surface area contributed by atoms with Gasteiger partial charge in [0.2, 0.25) is 4.96 Å². The number of rotatable bonds is 3. The minimum atomic E-state index is -0.0808. The van der Waals surface area contributed by atoms with Gasteiger partial charge >= 0.3 is 0 Å². The number of hydrogen-bond donors (Lipinski definition) is 0. The van der Waals surface area contributed by atoms with E-state index >= 15 is 0 Å². The van der Waals surface area contributed by atoms with Crippen LogP contribution in [0.15, 0.2) is 24.3 Å². The summed E-state index contributed by atoms with van der Waals surface area (Å²) >= 11 is 1.51. The minimum Gasteiger partial charge on any atom is -0.486 e. The zero-order valence-electron chi connectivity index (χ0n) is 12.6. The fourth-order valence-corrected chi connectivity index (χ4v) is 2.71. The van der Waals surface area contributed by atoms with Crippen LogP contribution in [0.5, 0.6) is 5.75 Å². The highest BCUT2D eigenvalue weighted by molar-refractivity contribution is 7.16. The topological polar surface area (TPSA) is 52.3 Å². The third-order valence-corrected chi connectivity index (χ3v) is 3.96. The number of benzene rings is 1. The molecule has 0 aliphatic heterocycles. The average molecular weight is 302 g/mol. The normalized spacial score (nSPS) is 12.0. The molecule has 0 N–H and O–H groups in total. The molecule has 0 atom stereocenters. The van der Waals surface area contributed by atoms with Crippen molar-refractivity contribution in [3.63, 3.8) is 0 Å². The molecule has 0 fully saturated rings. The SMILES string of the molecule is Cc1ccc(OCc2nn3c(C(C)(C)C)nnc3s2)cc1. The van der Waals surface area contributed by atoms with Crippen molar-refractivity contribution in [1.82, 2.24) is 19.8 Å². The van der Waals surface area contributed by atoms with Crippen LogP contribution < -0.4 is 4.74 Å². The van der Waals surface area contributed by atoms with E-state index in [2.05, 4.69) is 43.0 Å². The Bertz CT molecular complexity index is 752. The molecule has 5 nitrogen and oxygen atoms in total. The quantitative estimate of drug-likeness (QED) is 0.744. The molecule has 110 valence electrons. The predicted octanol–water partition coefficient (Wildman–Crippen LogP) is 3.37. The molecule has 0 saturated carbocycles. The molecule has 6 heteroatoms. The van der Waals surface area contributed by atoms with E-state index in [1.54, 1.807) is 0 Å². The van der Waals surface area contributed by atoms with Gasteiger partial charge in [-0.1, -0.05) is 49.8 Å². The molecule has 0 unspecified atom stereocenters. The van der Waals surface area contributed by atoms with Crippen molar-refractivity contribution >= 4 is 16.3 Å². The lowest BCUT2D eigenvalue weighted by atomic mass is 9.96. The molecule has 0 aliphatic carbocycles. The maximum Gasteiger partial charge on any atom is 0.234 e. The van der Waals surface area contributed by atoms with Crippen molar-refractivity contribution in [2.24, 2.45) is 0 Å². The highest BCUT2D eigenvalue weighted by Gasteiger charge is 2.23.